The Kier molecular flexibility index (Phi) is 3.00. The van der Waals surface area contributed by atoms with Crippen LogP contribution in [0.5, 0.6) is 0 Å². The Bertz CT molecular complexity index is 719. The Morgan fingerprint density at radius 3 is 3.00 bits per heavy atom. The van der Waals surface area contributed by atoms with Crippen molar-refractivity contribution in [2.45, 2.75) is 6.54 Å². The van der Waals surface area contributed by atoms with Crippen molar-refractivity contribution in [2.24, 2.45) is 0 Å². The summed E-state index contributed by atoms with van der Waals surface area (Å²) in [7, 11) is 1.37. The number of thiazole rings is 1. The second-order valence-electron chi connectivity index (χ2n) is 3.97. The van der Waals surface area contributed by atoms with Crippen LogP contribution in [-0.4, -0.2) is 27.8 Å². The molecule has 19 heavy (non-hydrogen) atoms. The van der Waals surface area contributed by atoms with Gasteiger partial charge in [0.15, 0.2) is 0 Å². The monoisotopic (exact) mass is 273 g/mol. The number of esters is 1. The molecule has 0 saturated carbocycles. The number of carbonyl (C=O) groups is 1. The molecule has 0 radical (unpaired) electrons. The summed E-state index contributed by atoms with van der Waals surface area (Å²) in [6, 6.07) is 7.77. The Hall–Kier alpha value is -2.21. The van der Waals surface area contributed by atoms with Crippen LogP contribution in [0.3, 0.4) is 0 Å². The fraction of sp³-hybridized carbons (Fsp3) is 0.154. The van der Waals surface area contributed by atoms with E-state index in [2.05, 4.69) is 14.8 Å². The summed E-state index contributed by atoms with van der Waals surface area (Å²) in [5.41, 5.74) is 4.28. The Labute approximate surface area is 113 Å². The lowest BCUT2D eigenvalue weighted by molar-refractivity contribution is -0.141. The number of ether oxygens (including phenoxy) is 1. The van der Waals surface area contributed by atoms with Crippen molar-refractivity contribution in [3.05, 3.63) is 35.2 Å². The van der Waals surface area contributed by atoms with E-state index in [1.807, 2.05) is 29.6 Å². The summed E-state index contributed by atoms with van der Waals surface area (Å²) >= 11 is 1.52. The van der Waals surface area contributed by atoms with Crippen LogP contribution in [0.2, 0.25) is 0 Å². The minimum atomic E-state index is -0.321. The number of carbonyl (C=O) groups excluding carboxylic acids is 1. The van der Waals surface area contributed by atoms with Gasteiger partial charge in [0, 0.05) is 10.8 Å². The normalized spacial score (nSPS) is 10.8. The molecule has 0 unspecified atom stereocenters. The molecule has 0 fully saturated rings. The molecule has 5 nitrogen and oxygen atoms in total. The molecule has 0 spiro atoms. The number of hydrogen-bond acceptors (Lipinski definition) is 5. The van der Waals surface area contributed by atoms with Crippen LogP contribution >= 0.6 is 11.3 Å². The van der Waals surface area contributed by atoms with Crippen molar-refractivity contribution in [2.75, 3.05) is 7.11 Å². The minimum Gasteiger partial charge on any atom is -0.468 e. The van der Waals surface area contributed by atoms with Crippen LogP contribution in [0.1, 0.15) is 0 Å². The molecule has 3 rings (SSSR count). The van der Waals surface area contributed by atoms with Crippen molar-refractivity contribution in [3.63, 3.8) is 0 Å². The van der Waals surface area contributed by atoms with E-state index in [1.165, 1.54) is 18.4 Å². The van der Waals surface area contributed by atoms with Gasteiger partial charge in [-0.05, 0) is 6.07 Å². The highest BCUT2D eigenvalue weighted by atomic mass is 32.1. The van der Waals surface area contributed by atoms with E-state index in [9.17, 15) is 4.79 Å². The molecule has 3 aromatic rings. The zero-order valence-electron chi connectivity index (χ0n) is 10.2. The third-order valence-corrected chi connectivity index (χ3v) is 3.43. The number of fused-ring (bicyclic) bond motifs is 1. The predicted molar refractivity (Wildman–Crippen MR) is 72.9 cm³/mol. The molecule has 0 aliphatic carbocycles. The number of benzene rings is 1. The zero-order chi connectivity index (χ0) is 13.2. The Morgan fingerprint density at radius 1 is 1.42 bits per heavy atom. The van der Waals surface area contributed by atoms with Crippen molar-refractivity contribution < 1.29 is 9.53 Å². The van der Waals surface area contributed by atoms with E-state index in [0.717, 1.165) is 22.3 Å². The van der Waals surface area contributed by atoms with Gasteiger partial charge in [-0.3, -0.25) is 9.48 Å². The van der Waals surface area contributed by atoms with E-state index >= 15 is 0 Å². The van der Waals surface area contributed by atoms with Crippen molar-refractivity contribution in [1.29, 1.82) is 0 Å². The molecular weight excluding hydrogens is 262 g/mol. The van der Waals surface area contributed by atoms with E-state index in [1.54, 1.807) is 10.2 Å². The average Bonchev–Trinajstić information content (AvgIpc) is 3.07. The Balaban J connectivity index is 2.16. The zero-order valence-corrected chi connectivity index (χ0v) is 11.1. The summed E-state index contributed by atoms with van der Waals surface area (Å²) in [5.74, 6) is -0.321. The molecule has 1 aromatic carbocycles. The first-order chi connectivity index (χ1) is 9.29. The third-order valence-electron chi connectivity index (χ3n) is 2.84. The van der Waals surface area contributed by atoms with Gasteiger partial charge in [0.25, 0.3) is 0 Å². The van der Waals surface area contributed by atoms with Gasteiger partial charge in [-0.25, -0.2) is 4.98 Å². The fourth-order valence-electron chi connectivity index (χ4n) is 1.95. The van der Waals surface area contributed by atoms with Gasteiger partial charge in [-0.2, -0.15) is 5.10 Å². The molecule has 6 heteroatoms. The van der Waals surface area contributed by atoms with Gasteiger partial charge in [-0.1, -0.05) is 18.2 Å². The lowest BCUT2D eigenvalue weighted by atomic mass is 10.2. The first kappa shape index (κ1) is 11.9. The average molecular weight is 273 g/mol. The molecule has 0 amide bonds. The first-order valence-corrected chi connectivity index (χ1v) is 6.65. The lowest BCUT2D eigenvalue weighted by Gasteiger charge is -2.00. The summed E-state index contributed by atoms with van der Waals surface area (Å²) in [6.45, 7) is 0.0984. The second-order valence-corrected chi connectivity index (χ2v) is 4.69. The highest BCUT2D eigenvalue weighted by Crippen LogP contribution is 2.27. The maximum Gasteiger partial charge on any atom is 0.327 e. The molecule has 0 aliphatic rings. The third kappa shape index (κ3) is 2.10. The number of nitrogens with zero attached hydrogens (tertiary/aromatic N) is 3. The van der Waals surface area contributed by atoms with Gasteiger partial charge in [-0.15, -0.1) is 11.3 Å². The number of para-hydroxylation sites is 1. The molecule has 0 aliphatic heterocycles. The van der Waals surface area contributed by atoms with Crippen LogP contribution in [0, 0.1) is 0 Å². The van der Waals surface area contributed by atoms with Gasteiger partial charge in [0.05, 0.1) is 18.1 Å². The summed E-state index contributed by atoms with van der Waals surface area (Å²) in [4.78, 5) is 15.7. The molecule has 2 aromatic heterocycles. The second kappa shape index (κ2) is 4.81. The predicted octanol–water partition coefficient (Wildman–Crippen LogP) is 2.33. The SMILES string of the molecule is COC(=O)Cn1nc(-c2cscn2)c2ccccc21. The highest BCUT2D eigenvalue weighted by Gasteiger charge is 2.15. The highest BCUT2D eigenvalue weighted by molar-refractivity contribution is 7.07. The molecule has 0 atom stereocenters. The van der Waals surface area contributed by atoms with E-state index in [0.29, 0.717) is 0 Å². The molecular formula is C13H11N3O2S. The maximum absolute atomic E-state index is 11.4. The van der Waals surface area contributed by atoms with Gasteiger partial charge in [0.1, 0.15) is 17.9 Å². The minimum absolute atomic E-state index is 0.0984. The van der Waals surface area contributed by atoms with Crippen LogP contribution in [0.15, 0.2) is 35.2 Å². The first-order valence-electron chi connectivity index (χ1n) is 5.70. The Morgan fingerprint density at radius 2 is 2.26 bits per heavy atom. The number of aromatic nitrogens is 3. The van der Waals surface area contributed by atoms with Crippen molar-refractivity contribution in [1.82, 2.24) is 14.8 Å². The van der Waals surface area contributed by atoms with Gasteiger partial charge < -0.3 is 4.74 Å². The van der Waals surface area contributed by atoms with Gasteiger partial charge >= 0.3 is 5.97 Å². The van der Waals surface area contributed by atoms with E-state index < -0.39 is 0 Å². The van der Waals surface area contributed by atoms with Crippen LogP contribution in [-0.2, 0) is 16.1 Å². The van der Waals surface area contributed by atoms with Crippen molar-refractivity contribution in [3.8, 4) is 11.4 Å². The molecule has 2 heterocycles. The molecule has 96 valence electrons. The maximum atomic E-state index is 11.4. The van der Waals surface area contributed by atoms with Crippen LogP contribution in [0.25, 0.3) is 22.3 Å². The lowest BCUT2D eigenvalue weighted by Crippen LogP contribution is -2.12. The summed E-state index contributed by atoms with van der Waals surface area (Å²) < 4.78 is 6.34. The topological polar surface area (TPSA) is 57.0 Å². The molecule has 0 saturated heterocycles. The van der Waals surface area contributed by atoms with Gasteiger partial charge in [0.2, 0.25) is 0 Å². The largest absolute Gasteiger partial charge is 0.468 e. The van der Waals surface area contributed by atoms with Crippen molar-refractivity contribution >= 4 is 28.2 Å². The number of hydrogen-bond donors (Lipinski definition) is 0. The fourth-order valence-corrected chi connectivity index (χ4v) is 2.49. The smallest absolute Gasteiger partial charge is 0.327 e. The standard InChI is InChI=1S/C13H11N3O2S/c1-18-12(17)6-16-11-5-3-2-4-9(11)13(15-16)10-7-19-8-14-10/h2-5,7-8H,6H2,1H3. The van der Waals surface area contributed by atoms with E-state index in [-0.39, 0.29) is 12.5 Å². The van der Waals surface area contributed by atoms with Crippen LogP contribution in [0.4, 0.5) is 0 Å². The number of rotatable bonds is 3. The molecule has 0 bridgehead atoms. The quantitative estimate of drug-likeness (QED) is 0.687. The van der Waals surface area contributed by atoms with Crippen LogP contribution < -0.4 is 0 Å². The van der Waals surface area contributed by atoms with E-state index in [4.69, 9.17) is 0 Å². The summed E-state index contributed by atoms with van der Waals surface area (Å²) in [5, 5.41) is 7.41. The summed E-state index contributed by atoms with van der Waals surface area (Å²) in [6.07, 6.45) is 0. The number of methoxy groups -OCH3 is 1. The molecule has 0 N–H and O–H groups in total.